The molecule has 1 aliphatic rings. The Bertz CT molecular complexity index is 657. The number of carbonyl (C=O) groups excluding carboxylic acids is 1. The largest absolute Gasteiger partial charge is 0.483 e. The number of para-hydroxylation sites is 1. The minimum atomic E-state index is -0.494. The van der Waals surface area contributed by atoms with Crippen molar-refractivity contribution in [3.8, 4) is 17.6 Å². The van der Waals surface area contributed by atoms with Crippen LogP contribution in [-0.2, 0) is 6.42 Å². The molecule has 1 aromatic carbocycles. The second-order valence-corrected chi connectivity index (χ2v) is 7.83. The summed E-state index contributed by atoms with van der Waals surface area (Å²) < 4.78 is 14.7. The molecule has 1 heterocycles. The number of hydrogen-bond acceptors (Lipinski definition) is 6. The van der Waals surface area contributed by atoms with Crippen LogP contribution < -0.4 is 9.47 Å². The summed E-state index contributed by atoms with van der Waals surface area (Å²) in [5.74, 6) is 1.07. The lowest BCUT2D eigenvalue weighted by molar-refractivity contribution is 0.131. The molecule has 136 valence electrons. The molecule has 0 aromatic heterocycles. The molecule has 0 aliphatic carbocycles. The third kappa shape index (κ3) is 5.28. The van der Waals surface area contributed by atoms with E-state index < -0.39 is 6.09 Å². The van der Waals surface area contributed by atoms with Crippen LogP contribution in [0.15, 0.2) is 18.2 Å². The lowest BCUT2D eigenvalue weighted by atomic mass is 10.0. The first kappa shape index (κ1) is 19.4. The van der Waals surface area contributed by atoms with Gasteiger partial charge in [-0.3, -0.25) is 0 Å². The van der Waals surface area contributed by atoms with Crippen LogP contribution in [0.25, 0.3) is 0 Å². The molecule has 0 saturated carbocycles. The predicted molar refractivity (Wildman–Crippen MR) is 98.3 cm³/mol. The first-order chi connectivity index (χ1) is 11.9. The Morgan fingerprint density at radius 1 is 1.48 bits per heavy atom. The lowest BCUT2D eigenvalue weighted by Crippen LogP contribution is -2.30. The van der Waals surface area contributed by atoms with Crippen LogP contribution in [-0.4, -0.2) is 40.4 Å². The van der Waals surface area contributed by atoms with Gasteiger partial charge in [0.15, 0.2) is 11.5 Å². The predicted octanol–water partition coefficient (Wildman–Crippen LogP) is 4.02. The van der Waals surface area contributed by atoms with Crippen molar-refractivity contribution < 1.29 is 14.3 Å². The number of benzene rings is 1. The van der Waals surface area contributed by atoms with Gasteiger partial charge in [-0.05, 0) is 26.3 Å². The van der Waals surface area contributed by atoms with E-state index in [0.717, 1.165) is 31.4 Å². The maximum Gasteiger partial charge on any atom is 0.426 e. The zero-order chi connectivity index (χ0) is 18.4. The van der Waals surface area contributed by atoms with E-state index in [1.54, 1.807) is 13.1 Å². The fraction of sp³-hybridized carbons (Fsp3) is 0.556. The van der Waals surface area contributed by atoms with E-state index in [9.17, 15) is 4.79 Å². The smallest absolute Gasteiger partial charge is 0.426 e. The van der Waals surface area contributed by atoms with Crippen LogP contribution in [0.1, 0.15) is 39.2 Å². The first-order valence-corrected chi connectivity index (χ1v) is 9.15. The van der Waals surface area contributed by atoms with Gasteiger partial charge in [-0.25, -0.2) is 13.4 Å². The molecule has 0 fully saturated rings. The average molecular weight is 363 g/mol. The zero-order valence-electron chi connectivity index (χ0n) is 15.2. The van der Waals surface area contributed by atoms with Crippen LogP contribution in [0.3, 0.4) is 0 Å². The summed E-state index contributed by atoms with van der Waals surface area (Å²) in [6.45, 7) is 7.09. The fourth-order valence-electron chi connectivity index (χ4n) is 2.59. The van der Waals surface area contributed by atoms with E-state index >= 15 is 0 Å². The molecule has 0 spiro atoms. The van der Waals surface area contributed by atoms with Crippen LogP contribution >= 0.6 is 12.1 Å². The Kier molecular flexibility index (Phi) is 6.57. The summed E-state index contributed by atoms with van der Waals surface area (Å²) in [7, 11) is 1.64. The molecule has 2 rings (SSSR count). The molecule has 0 atom stereocenters. The van der Waals surface area contributed by atoms with Gasteiger partial charge in [0.05, 0.1) is 12.6 Å². The molecular formula is C18H25N3O3S. The van der Waals surface area contributed by atoms with Gasteiger partial charge in [0.25, 0.3) is 0 Å². The molecule has 7 heteroatoms. The monoisotopic (exact) mass is 363 g/mol. The van der Waals surface area contributed by atoms with Gasteiger partial charge in [0, 0.05) is 37.7 Å². The number of unbranched alkanes of at least 4 members (excludes halogenated alkanes) is 1. The molecule has 0 radical (unpaired) electrons. The highest BCUT2D eigenvalue weighted by molar-refractivity contribution is 7.95. The maximum atomic E-state index is 12.4. The topological polar surface area (TPSA) is 65.8 Å². The van der Waals surface area contributed by atoms with E-state index in [2.05, 4.69) is 13.0 Å². The Morgan fingerprint density at radius 2 is 2.24 bits per heavy atom. The first-order valence-electron chi connectivity index (χ1n) is 8.42. The highest BCUT2D eigenvalue weighted by atomic mass is 32.2. The van der Waals surface area contributed by atoms with Crippen molar-refractivity contribution in [2.24, 2.45) is 0 Å². The Morgan fingerprint density at radius 3 is 2.92 bits per heavy atom. The number of nitrogens with zero attached hydrogens (tertiary/aromatic N) is 3. The van der Waals surface area contributed by atoms with Crippen LogP contribution in [0.2, 0.25) is 0 Å². The molecule has 1 amide bonds. The van der Waals surface area contributed by atoms with Crippen LogP contribution in [0.4, 0.5) is 4.79 Å². The number of rotatable bonds is 7. The molecule has 0 saturated heterocycles. The summed E-state index contributed by atoms with van der Waals surface area (Å²) in [6, 6.07) is 7.71. The Balaban J connectivity index is 2.00. The van der Waals surface area contributed by atoms with Crippen LogP contribution in [0.5, 0.6) is 11.5 Å². The lowest BCUT2D eigenvalue weighted by Gasteiger charge is -2.23. The minimum Gasteiger partial charge on any atom is -0.483 e. The number of ether oxygens (including phenoxy) is 2. The third-order valence-corrected chi connectivity index (χ3v) is 4.69. The van der Waals surface area contributed by atoms with E-state index in [1.807, 2.05) is 30.3 Å². The highest BCUT2D eigenvalue weighted by Crippen LogP contribution is 2.42. The van der Waals surface area contributed by atoms with Crippen LogP contribution in [0, 0.1) is 11.3 Å². The molecule has 0 N–H and O–H groups in total. The van der Waals surface area contributed by atoms with Crippen molar-refractivity contribution in [2.75, 3.05) is 20.1 Å². The van der Waals surface area contributed by atoms with Crippen molar-refractivity contribution in [3.05, 3.63) is 23.8 Å². The molecule has 1 aliphatic heterocycles. The van der Waals surface area contributed by atoms with Gasteiger partial charge >= 0.3 is 6.09 Å². The van der Waals surface area contributed by atoms with E-state index in [4.69, 9.17) is 14.7 Å². The third-order valence-electron chi connectivity index (χ3n) is 3.76. The average Bonchev–Trinajstić information content (AvgIpc) is 2.87. The molecule has 0 unspecified atom stereocenters. The van der Waals surface area contributed by atoms with Crippen molar-refractivity contribution in [2.45, 2.75) is 45.6 Å². The second-order valence-electron chi connectivity index (χ2n) is 6.61. The van der Waals surface area contributed by atoms with Crippen molar-refractivity contribution >= 4 is 18.2 Å². The van der Waals surface area contributed by atoms with Gasteiger partial charge < -0.3 is 9.47 Å². The zero-order valence-corrected chi connectivity index (χ0v) is 16.1. The molecule has 25 heavy (non-hydrogen) atoms. The van der Waals surface area contributed by atoms with Gasteiger partial charge in [0.1, 0.15) is 5.60 Å². The number of hydrogen-bond donors (Lipinski definition) is 0. The number of fused-ring (bicyclic) bond motifs is 1. The van der Waals surface area contributed by atoms with Crippen molar-refractivity contribution in [1.29, 1.82) is 5.26 Å². The van der Waals surface area contributed by atoms with E-state index in [1.165, 1.54) is 16.4 Å². The second kappa shape index (κ2) is 8.45. The molecule has 0 bridgehead atoms. The van der Waals surface area contributed by atoms with Crippen molar-refractivity contribution in [1.82, 2.24) is 8.61 Å². The maximum absolute atomic E-state index is 12.4. The number of amides is 1. The SMILES string of the molecule is CCCCN(CC#N)SN(C)C(=O)Oc1cccc2c1OC(C)(C)C2. The number of nitriles is 1. The van der Waals surface area contributed by atoms with Gasteiger partial charge in [-0.1, -0.05) is 25.5 Å². The van der Waals surface area contributed by atoms with Crippen molar-refractivity contribution in [3.63, 3.8) is 0 Å². The summed E-state index contributed by atoms with van der Waals surface area (Å²) in [4.78, 5) is 12.4. The summed E-state index contributed by atoms with van der Waals surface area (Å²) >= 11 is 1.20. The minimum absolute atomic E-state index is 0.250. The molecular weight excluding hydrogens is 338 g/mol. The summed E-state index contributed by atoms with van der Waals surface area (Å²) in [5, 5.41) is 8.92. The quantitative estimate of drug-likeness (QED) is 0.538. The van der Waals surface area contributed by atoms with Gasteiger partial charge in [0.2, 0.25) is 0 Å². The van der Waals surface area contributed by atoms with Gasteiger partial charge in [-0.15, -0.1) is 0 Å². The number of carbonyl (C=O) groups is 1. The Labute approximate surface area is 153 Å². The molecule has 1 aromatic rings. The van der Waals surface area contributed by atoms with E-state index in [-0.39, 0.29) is 12.1 Å². The molecule has 6 nitrogen and oxygen atoms in total. The highest BCUT2D eigenvalue weighted by Gasteiger charge is 2.33. The Hall–Kier alpha value is -1.91. The standard InChI is InChI=1S/C18H25N3O3S/c1-5-6-11-21(12-10-19)25-20(4)17(22)23-15-9-7-8-14-13-18(2,3)24-16(14)15/h7-9H,5-6,11-13H2,1-4H3. The summed E-state index contributed by atoms with van der Waals surface area (Å²) in [6.07, 6.45) is 2.28. The fourth-order valence-corrected chi connectivity index (χ4v) is 3.37. The van der Waals surface area contributed by atoms with Gasteiger partial charge in [-0.2, -0.15) is 5.26 Å². The van der Waals surface area contributed by atoms with E-state index in [0.29, 0.717) is 11.5 Å². The summed E-state index contributed by atoms with van der Waals surface area (Å²) in [5.41, 5.74) is 0.745. The normalized spacial score (nSPS) is 14.6.